The average molecular weight is 83.9 g/mol. The molecule has 0 spiro atoms. The van der Waals surface area contributed by atoms with E-state index in [2.05, 4.69) is 0 Å². The topological polar surface area (TPSA) is 9.23 Å². The van der Waals surface area contributed by atoms with Gasteiger partial charge in [-0.05, 0) is 12.8 Å². The van der Waals surface area contributed by atoms with Crippen LogP contribution < -0.4 is 0 Å². The maximum Gasteiger partial charge on any atom is 0.0466 e. The number of hydrogen-bond acceptors (Lipinski definition) is 1. The second-order valence-corrected chi connectivity index (χ2v) is 1.32. The number of rotatable bonds is 0. The van der Waals surface area contributed by atoms with Gasteiger partial charge in [0.2, 0.25) is 0 Å². The summed E-state index contributed by atoms with van der Waals surface area (Å²) in [6, 6.07) is 0. The van der Waals surface area contributed by atoms with Crippen molar-refractivity contribution in [1.82, 2.24) is 0 Å². The molecule has 0 aromatic carbocycles. The highest BCUT2D eigenvalue weighted by atomic mass is 16.5. The van der Waals surface area contributed by atoms with Crippen molar-refractivity contribution in [3.63, 3.8) is 0 Å². The molecule has 1 aliphatic heterocycles. The van der Waals surface area contributed by atoms with Crippen LogP contribution in [0.4, 0.5) is 0 Å². The van der Waals surface area contributed by atoms with Gasteiger partial charge in [0.05, 0.1) is 0 Å². The second-order valence-electron chi connectivity index (χ2n) is 1.32. The van der Waals surface area contributed by atoms with Crippen LogP contribution in [0.1, 0.15) is 14.3 Å². The fraction of sp³-hybridized carbons (Fsp3) is 1.00. The molecule has 1 saturated heterocycles. The van der Waals surface area contributed by atoms with E-state index in [4.69, 9.17) is 4.74 Å². The van der Waals surface area contributed by atoms with E-state index >= 15 is 0 Å². The zero-order valence-corrected chi connectivity index (χ0v) is 3.81. The standard InChI is InChI=1S/C4H8O.B.H/c1-2-4-5-3-1;;/h1-4H2;;/q;;-1. The second kappa shape index (κ2) is 3.22. The maximum absolute atomic E-state index is 4.94. The molecule has 2 heteroatoms. The fourth-order valence-electron chi connectivity index (χ4n) is 0.510. The normalized spacial score (nSPS) is 20.0. The van der Waals surface area contributed by atoms with Gasteiger partial charge < -0.3 is 6.16 Å². The summed E-state index contributed by atoms with van der Waals surface area (Å²) in [5.41, 5.74) is 0. The van der Waals surface area contributed by atoms with Crippen molar-refractivity contribution in [3.05, 3.63) is 0 Å². The van der Waals surface area contributed by atoms with Crippen molar-refractivity contribution in [1.29, 1.82) is 0 Å². The lowest BCUT2D eigenvalue weighted by atomic mass is 10.4. The van der Waals surface area contributed by atoms with Gasteiger partial charge in [-0.3, -0.25) is 0 Å². The van der Waals surface area contributed by atoms with E-state index < -0.39 is 0 Å². The van der Waals surface area contributed by atoms with Crippen LogP contribution in [0.25, 0.3) is 0 Å². The van der Waals surface area contributed by atoms with Gasteiger partial charge in [-0.2, -0.15) is 0 Å². The van der Waals surface area contributed by atoms with Crippen LogP contribution in [0.2, 0.25) is 0 Å². The number of ether oxygens (including phenoxy) is 1. The van der Waals surface area contributed by atoms with Gasteiger partial charge in [-0.1, -0.05) is 0 Å². The average Bonchev–Trinajstić information content (AvgIpc) is 1.76. The highest BCUT2D eigenvalue weighted by Crippen LogP contribution is 1.98. The highest BCUT2D eigenvalue weighted by Gasteiger charge is 1.94. The molecule has 1 nitrogen and oxygen atoms in total. The van der Waals surface area contributed by atoms with E-state index in [9.17, 15) is 0 Å². The van der Waals surface area contributed by atoms with Crippen LogP contribution in [0.3, 0.4) is 0 Å². The van der Waals surface area contributed by atoms with Crippen LogP contribution in [0.5, 0.6) is 0 Å². The molecule has 1 fully saturated rings. The molecule has 0 amide bonds. The largest absolute Gasteiger partial charge is 1.00 e. The minimum atomic E-state index is 0. The smallest absolute Gasteiger partial charge is 0.0466 e. The summed E-state index contributed by atoms with van der Waals surface area (Å²) in [5, 5.41) is 0. The lowest BCUT2D eigenvalue weighted by Crippen LogP contribution is -1.74. The first-order valence-electron chi connectivity index (χ1n) is 2.08. The van der Waals surface area contributed by atoms with E-state index in [1.807, 2.05) is 0 Å². The van der Waals surface area contributed by atoms with Crippen molar-refractivity contribution in [2.24, 2.45) is 0 Å². The molecular weight excluding hydrogens is 74.9 g/mol. The molecule has 1 aliphatic rings. The molecule has 6 heavy (non-hydrogen) atoms. The zero-order chi connectivity index (χ0) is 3.54. The van der Waals surface area contributed by atoms with Crippen LogP contribution >= 0.6 is 0 Å². The van der Waals surface area contributed by atoms with Crippen molar-refractivity contribution >= 4 is 8.41 Å². The third-order valence-electron chi connectivity index (χ3n) is 0.827. The Morgan fingerprint density at radius 2 is 1.67 bits per heavy atom. The van der Waals surface area contributed by atoms with Gasteiger partial charge in [-0.15, -0.1) is 0 Å². The van der Waals surface area contributed by atoms with Crippen LogP contribution in [0.15, 0.2) is 0 Å². The SMILES string of the molecule is C1CCOC1.[B].[H-]. The molecule has 0 aromatic rings. The van der Waals surface area contributed by atoms with Gasteiger partial charge in [-0.25, -0.2) is 0 Å². The van der Waals surface area contributed by atoms with Gasteiger partial charge >= 0.3 is 0 Å². The first-order chi connectivity index (χ1) is 2.50. The Kier molecular flexibility index (Phi) is 3.24. The summed E-state index contributed by atoms with van der Waals surface area (Å²) in [4.78, 5) is 0. The molecule has 3 radical (unpaired) electrons. The Balaban J connectivity index is 0. The van der Waals surface area contributed by atoms with Crippen molar-refractivity contribution in [2.75, 3.05) is 13.2 Å². The summed E-state index contributed by atoms with van der Waals surface area (Å²) in [6.07, 6.45) is 2.56. The van der Waals surface area contributed by atoms with E-state index in [1.54, 1.807) is 0 Å². The third-order valence-corrected chi connectivity index (χ3v) is 0.827. The lowest BCUT2D eigenvalue weighted by molar-refractivity contribution is 0.198. The summed E-state index contributed by atoms with van der Waals surface area (Å²) in [5.74, 6) is 0. The summed E-state index contributed by atoms with van der Waals surface area (Å²) in [7, 11) is 0. The zero-order valence-electron chi connectivity index (χ0n) is 4.81. The van der Waals surface area contributed by atoms with Gasteiger partial charge in [0, 0.05) is 21.6 Å². The van der Waals surface area contributed by atoms with Crippen molar-refractivity contribution < 1.29 is 6.16 Å². The van der Waals surface area contributed by atoms with Gasteiger partial charge in [0.25, 0.3) is 0 Å². The molecular formula is C4H9BO-. The van der Waals surface area contributed by atoms with E-state index in [-0.39, 0.29) is 9.84 Å². The molecule has 1 rings (SSSR count). The maximum atomic E-state index is 4.94. The molecule has 1 heterocycles. The molecule has 35 valence electrons. The van der Waals surface area contributed by atoms with E-state index in [0.29, 0.717) is 0 Å². The van der Waals surface area contributed by atoms with Gasteiger partial charge in [0.1, 0.15) is 0 Å². The fourth-order valence-corrected chi connectivity index (χ4v) is 0.510. The minimum absolute atomic E-state index is 0. The van der Waals surface area contributed by atoms with Crippen LogP contribution in [-0.2, 0) is 4.74 Å². The van der Waals surface area contributed by atoms with Crippen LogP contribution in [-0.4, -0.2) is 21.6 Å². The Bertz CT molecular complexity index is 23.3. The van der Waals surface area contributed by atoms with E-state index in [1.165, 1.54) is 12.8 Å². The first-order valence-corrected chi connectivity index (χ1v) is 2.08. The third kappa shape index (κ3) is 1.46. The molecule has 0 N–H and O–H groups in total. The lowest BCUT2D eigenvalue weighted by Gasteiger charge is -1.76. The predicted molar refractivity (Wildman–Crippen MR) is 26.9 cm³/mol. The Labute approximate surface area is 41.7 Å². The monoisotopic (exact) mass is 84.1 g/mol. The molecule has 0 bridgehead atoms. The quantitative estimate of drug-likeness (QED) is 0.389. The molecule has 0 saturated carbocycles. The molecule has 0 unspecified atom stereocenters. The Hall–Kier alpha value is 0.0249. The Morgan fingerprint density at radius 1 is 1.17 bits per heavy atom. The predicted octanol–water partition coefficient (Wildman–Crippen LogP) is 0.528. The number of hydrogen-bond donors (Lipinski definition) is 0. The highest BCUT2D eigenvalue weighted by molar-refractivity contribution is 5.75. The molecule has 0 aromatic heterocycles. The summed E-state index contributed by atoms with van der Waals surface area (Å²) < 4.78 is 4.94. The minimum Gasteiger partial charge on any atom is -1.00 e. The van der Waals surface area contributed by atoms with Gasteiger partial charge in [0.15, 0.2) is 0 Å². The van der Waals surface area contributed by atoms with Crippen molar-refractivity contribution in [3.8, 4) is 0 Å². The van der Waals surface area contributed by atoms with Crippen LogP contribution in [0, 0.1) is 0 Å². The molecule has 0 aliphatic carbocycles. The first kappa shape index (κ1) is 6.02. The van der Waals surface area contributed by atoms with E-state index in [0.717, 1.165) is 13.2 Å². The molecule has 0 atom stereocenters. The Morgan fingerprint density at radius 3 is 1.83 bits per heavy atom. The summed E-state index contributed by atoms with van der Waals surface area (Å²) in [6.45, 7) is 2.00. The van der Waals surface area contributed by atoms with Crippen molar-refractivity contribution in [2.45, 2.75) is 12.8 Å². The summed E-state index contributed by atoms with van der Waals surface area (Å²) >= 11 is 0.